The Morgan fingerprint density at radius 2 is 2.05 bits per heavy atom. The van der Waals surface area contributed by atoms with Gasteiger partial charge in [-0.15, -0.1) is 0 Å². The smallest absolute Gasteiger partial charge is 0.343 e. The van der Waals surface area contributed by atoms with Gasteiger partial charge in [-0.1, -0.05) is 12.1 Å². The molecule has 19 heavy (non-hydrogen) atoms. The molecule has 0 saturated heterocycles. The van der Waals surface area contributed by atoms with Crippen molar-refractivity contribution in [3.05, 3.63) is 41.6 Å². The van der Waals surface area contributed by atoms with Crippen molar-refractivity contribution in [2.45, 2.75) is 13.5 Å². The summed E-state index contributed by atoms with van der Waals surface area (Å²) in [4.78, 5) is 11.6. The highest BCUT2D eigenvalue weighted by Crippen LogP contribution is 2.18. The van der Waals surface area contributed by atoms with E-state index in [1.807, 2.05) is 24.3 Å². The summed E-state index contributed by atoms with van der Waals surface area (Å²) in [5, 5.41) is 4.10. The number of hydrogen-bond donors (Lipinski definition) is 2. The molecule has 1 heterocycles. The first-order chi connectivity index (χ1) is 9.17. The monoisotopic (exact) mass is 260 g/mol. The van der Waals surface area contributed by atoms with Crippen molar-refractivity contribution in [3.63, 3.8) is 0 Å². The number of carbonyl (C=O) groups is 1. The minimum Gasteiger partial charge on any atom is -0.462 e. The highest BCUT2D eigenvalue weighted by molar-refractivity contribution is 5.94. The van der Waals surface area contributed by atoms with E-state index in [9.17, 15) is 4.79 Å². The summed E-state index contributed by atoms with van der Waals surface area (Å²) in [5.74, 6) is -0.205. The number of rotatable bonds is 4. The summed E-state index contributed by atoms with van der Waals surface area (Å²) in [5.41, 5.74) is 13.5. The molecule has 4 N–H and O–H groups in total. The van der Waals surface area contributed by atoms with Gasteiger partial charge in [0.15, 0.2) is 0 Å². The molecule has 0 bridgehead atoms. The van der Waals surface area contributed by atoms with E-state index < -0.39 is 5.97 Å². The average molecular weight is 260 g/mol. The molecule has 0 aliphatic heterocycles. The van der Waals surface area contributed by atoms with Crippen molar-refractivity contribution >= 4 is 11.8 Å². The Bertz CT molecular complexity index is 575. The van der Waals surface area contributed by atoms with E-state index in [-0.39, 0.29) is 11.4 Å². The molecule has 2 rings (SSSR count). The maximum absolute atomic E-state index is 11.6. The average Bonchev–Trinajstić information content (AvgIpc) is 2.81. The van der Waals surface area contributed by atoms with Crippen LogP contribution in [0, 0.1) is 0 Å². The Labute approximate surface area is 111 Å². The van der Waals surface area contributed by atoms with E-state index in [1.54, 1.807) is 6.92 Å². The number of esters is 1. The topological polar surface area (TPSA) is 96.2 Å². The SMILES string of the molecule is CCOC(=O)c1cnn(-c2ccc(CN)cc2)c1N. The van der Waals surface area contributed by atoms with Gasteiger partial charge in [-0.25, -0.2) is 9.48 Å². The standard InChI is InChI=1S/C13H16N4O2/c1-2-19-13(18)11-8-16-17(12(11)15)10-5-3-9(7-14)4-6-10/h3-6,8H,2,7,14-15H2,1H3. The lowest BCUT2D eigenvalue weighted by molar-refractivity contribution is 0.0527. The van der Waals surface area contributed by atoms with Crippen LogP contribution in [0.15, 0.2) is 30.5 Å². The van der Waals surface area contributed by atoms with Crippen molar-refractivity contribution in [1.82, 2.24) is 9.78 Å². The maximum atomic E-state index is 11.6. The summed E-state index contributed by atoms with van der Waals surface area (Å²) < 4.78 is 6.40. The zero-order valence-electron chi connectivity index (χ0n) is 10.7. The Kier molecular flexibility index (Phi) is 3.82. The number of ether oxygens (including phenoxy) is 1. The van der Waals surface area contributed by atoms with Crippen LogP contribution >= 0.6 is 0 Å². The number of carbonyl (C=O) groups excluding carboxylic acids is 1. The van der Waals surface area contributed by atoms with Gasteiger partial charge in [0.25, 0.3) is 0 Å². The predicted octanol–water partition coefficient (Wildman–Crippen LogP) is 1.09. The van der Waals surface area contributed by atoms with Gasteiger partial charge in [-0.3, -0.25) is 0 Å². The maximum Gasteiger partial charge on any atom is 0.343 e. The molecule has 0 radical (unpaired) electrons. The van der Waals surface area contributed by atoms with Gasteiger partial charge in [-0.05, 0) is 24.6 Å². The molecule has 6 heteroatoms. The van der Waals surface area contributed by atoms with Gasteiger partial charge in [0.1, 0.15) is 11.4 Å². The van der Waals surface area contributed by atoms with Crippen molar-refractivity contribution in [2.75, 3.05) is 12.3 Å². The van der Waals surface area contributed by atoms with Crippen molar-refractivity contribution < 1.29 is 9.53 Å². The van der Waals surface area contributed by atoms with E-state index in [4.69, 9.17) is 16.2 Å². The van der Waals surface area contributed by atoms with Crippen LogP contribution in [-0.4, -0.2) is 22.4 Å². The molecule has 100 valence electrons. The molecule has 2 aromatic rings. The minimum absolute atomic E-state index is 0.263. The zero-order chi connectivity index (χ0) is 13.8. The van der Waals surface area contributed by atoms with Crippen molar-refractivity contribution in [1.29, 1.82) is 0 Å². The first kappa shape index (κ1) is 13.1. The Hall–Kier alpha value is -2.34. The first-order valence-corrected chi connectivity index (χ1v) is 5.97. The molecule has 1 aromatic heterocycles. The summed E-state index contributed by atoms with van der Waals surface area (Å²) >= 11 is 0. The molecule has 6 nitrogen and oxygen atoms in total. The van der Waals surface area contributed by atoms with Crippen LogP contribution in [0.2, 0.25) is 0 Å². The predicted molar refractivity (Wildman–Crippen MR) is 71.8 cm³/mol. The van der Waals surface area contributed by atoms with Crippen LogP contribution < -0.4 is 11.5 Å². The number of nitrogen functional groups attached to an aromatic ring is 1. The third kappa shape index (κ3) is 2.58. The van der Waals surface area contributed by atoms with Gasteiger partial charge in [0.2, 0.25) is 0 Å². The Balaban J connectivity index is 2.32. The third-order valence-electron chi connectivity index (χ3n) is 2.72. The molecule has 0 aliphatic rings. The van der Waals surface area contributed by atoms with Crippen molar-refractivity contribution in [2.24, 2.45) is 5.73 Å². The number of nitrogens with two attached hydrogens (primary N) is 2. The molecule has 0 unspecified atom stereocenters. The molecule has 0 atom stereocenters. The summed E-state index contributed by atoms with van der Waals surface area (Å²) in [6, 6.07) is 7.47. The molecule has 0 saturated carbocycles. The van der Waals surface area contributed by atoms with Crippen LogP contribution in [0.25, 0.3) is 5.69 Å². The quantitative estimate of drug-likeness (QED) is 0.802. The second-order valence-electron chi connectivity index (χ2n) is 3.95. The van der Waals surface area contributed by atoms with Crippen molar-refractivity contribution in [3.8, 4) is 5.69 Å². The second-order valence-corrected chi connectivity index (χ2v) is 3.95. The fraction of sp³-hybridized carbons (Fsp3) is 0.231. The molecule has 0 amide bonds. The number of benzene rings is 1. The van der Waals surface area contributed by atoms with Gasteiger partial charge in [0, 0.05) is 6.54 Å². The molecule has 0 fully saturated rings. The Morgan fingerprint density at radius 3 is 2.63 bits per heavy atom. The van der Waals surface area contributed by atoms with Gasteiger partial charge in [0.05, 0.1) is 18.5 Å². The van der Waals surface area contributed by atoms with Crippen LogP contribution in [-0.2, 0) is 11.3 Å². The number of nitrogens with zero attached hydrogens (tertiary/aromatic N) is 2. The molecule has 1 aromatic carbocycles. The van der Waals surface area contributed by atoms with Crippen LogP contribution in [0.5, 0.6) is 0 Å². The van der Waals surface area contributed by atoms with Crippen LogP contribution in [0.1, 0.15) is 22.8 Å². The summed E-state index contributed by atoms with van der Waals surface area (Å²) in [6.07, 6.45) is 1.41. The first-order valence-electron chi connectivity index (χ1n) is 5.97. The zero-order valence-corrected chi connectivity index (χ0v) is 10.7. The number of hydrogen-bond acceptors (Lipinski definition) is 5. The molecule has 0 aliphatic carbocycles. The van der Waals surface area contributed by atoms with Crippen LogP contribution in [0.3, 0.4) is 0 Å². The highest BCUT2D eigenvalue weighted by atomic mass is 16.5. The van der Waals surface area contributed by atoms with Gasteiger partial charge < -0.3 is 16.2 Å². The lowest BCUT2D eigenvalue weighted by atomic mass is 10.2. The lowest BCUT2D eigenvalue weighted by Gasteiger charge is -2.06. The minimum atomic E-state index is -0.468. The van der Waals surface area contributed by atoms with Gasteiger partial charge in [-0.2, -0.15) is 5.10 Å². The largest absolute Gasteiger partial charge is 0.462 e. The third-order valence-corrected chi connectivity index (χ3v) is 2.72. The normalized spacial score (nSPS) is 10.4. The van der Waals surface area contributed by atoms with E-state index in [0.717, 1.165) is 11.3 Å². The fourth-order valence-corrected chi connectivity index (χ4v) is 1.70. The summed E-state index contributed by atoms with van der Waals surface area (Å²) in [6.45, 7) is 2.52. The van der Waals surface area contributed by atoms with E-state index in [2.05, 4.69) is 5.10 Å². The molecule has 0 spiro atoms. The summed E-state index contributed by atoms with van der Waals surface area (Å²) in [7, 11) is 0. The number of aromatic nitrogens is 2. The lowest BCUT2D eigenvalue weighted by Crippen LogP contribution is -2.09. The second kappa shape index (κ2) is 5.53. The van der Waals surface area contributed by atoms with Crippen LogP contribution in [0.4, 0.5) is 5.82 Å². The van der Waals surface area contributed by atoms with E-state index >= 15 is 0 Å². The Morgan fingerprint density at radius 1 is 1.37 bits per heavy atom. The van der Waals surface area contributed by atoms with E-state index in [1.165, 1.54) is 10.9 Å². The van der Waals surface area contributed by atoms with Gasteiger partial charge >= 0.3 is 5.97 Å². The van der Waals surface area contributed by atoms with E-state index in [0.29, 0.717) is 13.2 Å². The molecular formula is C13H16N4O2. The fourth-order valence-electron chi connectivity index (χ4n) is 1.70. The molecular weight excluding hydrogens is 244 g/mol. The number of anilines is 1. The highest BCUT2D eigenvalue weighted by Gasteiger charge is 2.16.